The average molecular weight is 331 g/mol. The van der Waals surface area contributed by atoms with Gasteiger partial charge in [-0.05, 0) is 50.9 Å². The molecule has 2 amide bonds. The maximum Gasteiger partial charge on any atom is 0.224 e. The van der Waals surface area contributed by atoms with Crippen LogP contribution in [0.1, 0.15) is 38.2 Å². The Morgan fingerprint density at radius 2 is 1.71 bits per heavy atom. The van der Waals surface area contributed by atoms with E-state index in [9.17, 15) is 9.59 Å². The zero-order chi connectivity index (χ0) is 17.4. The molecule has 1 atom stereocenters. The van der Waals surface area contributed by atoms with E-state index in [1.165, 1.54) is 12.8 Å². The van der Waals surface area contributed by atoms with Crippen molar-refractivity contribution in [2.45, 2.75) is 39.5 Å². The second-order valence-corrected chi connectivity index (χ2v) is 6.83. The molecule has 0 spiro atoms. The summed E-state index contributed by atoms with van der Waals surface area (Å²) in [5.41, 5.74) is 1.96. The third-order valence-corrected chi connectivity index (χ3v) is 4.35. The van der Waals surface area contributed by atoms with Gasteiger partial charge in [0.25, 0.3) is 0 Å². The molecule has 24 heavy (non-hydrogen) atoms. The Bertz CT molecular complexity index is 536. The molecular weight excluding hydrogens is 302 g/mol. The number of nitrogens with one attached hydrogen (secondary N) is 2. The third kappa shape index (κ3) is 6.71. The molecule has 2 N–H and O–H groups in total. The number of benzene rings is 1. The van der Waals surface area contributed by atoms with E-state index in [0.717, 1.165) is 30.9 Å². The van der Waals surface area contributed by atoms with Crippen LogP contribution in [0.25, 0.3) is 0 Å². The molecule has 1 aliphatic rings. The Balaban J connectivity index is 1.62. The van der Waals surface area contributed by atoms with Crippen molar-refractivity contribution in [3.05, 3.63) is 29.8 Å². The molecule has 0 bridgehead atoms. The Morgan fingerprint density at radius 3 is 2.38 bits per heavy atom. The topological polar surface area (TPSA) is 61.4 Å². The minimum Gasteiger partial charge on any atom is -0.355 e. The van der Waals surface area contributed by atoms with Gasteiger partial charge < -0.3 is 15.5 Å². The quantitative estimate of drug-likeness (QED) is 0.769. The molecule has 1 aromatic rings. The molecule has 5 nitrogen and oxygen atoms in total. The van der Waals surface area contributed by atoms with Crippen molar-refractivity contribution in [1.82, 2.24) is 10.2 Å². The van der Waals surface area contributed by atoms with Gasteiger partial charge >= 0.3 is 0 Å². The monoisotopic (exact) mass is 331 g/mol. The van der Waals surface area contributed by atoms with Crippen LogP contribution in [0, 0.1) is 12.8 Å². The maximum absolute atomic E-state index is 12.0. The molecule has 2 rings (SSSR count). The first-order valence-corrected chi connectivity index (χ1v) is 8.88. The van der Waals surface area contributed by atoms with Crippen molar-refractivity contribution in [3.8, 4) is 0 Å². The van der Waals surface area contributed by atoms with Crippen LogP contribution in [0.4, 0.5) is 5.69 Å². The van der Waals surface area contributed by atoms with Crippen LogP contribution in [0.15, 0.2) is 24.3 Å². The third-order valence-electron chi connectivity index (χ3n) is 4.35. The summed E-state index contributed by atoms with van der Waals surface area (Å²) >= 11 is 0. The summed E-state index contributed by atoms with van der Waals surface area (Å²) in [6, 6.07) is 7.71. The summed E-state index contributed by atoms with van der Waals surface area (Å²) in [4.78, 5) is 26.3. The van der Waals surface area contributed by atoms with E-state index >= 15 is 0 Å². The Kier molecular flexibility index (Phi) is 7.25. The van der Waals surface area contributed by atoms with Gasteiger partial charge in [-0.2, -0.15) is 0 Å². The highest BCUT2D eigenvalue weighted by molar-refractivity contribution is 5.91. The maximum atomic E-state index is 12.0. The van der Waals surface area contributed by atoms with E-state index < -0.39 is 0 Å². The van der Waals surface area contributed by atoms with E-state index in [1.807, 2.05) is 38.1 Å². The van der Waals surface area contributed by atoms with Crippen molar-refractivity contribution in [2.75, 3.05) is 31.5 Å². The van der Waals surface area contributed by atoms with Crippen LogP contribution in [0.5, 0.6) is 0 Å². The highest BCUT2D eigenvalue weighted by Crippen LogP contribution is 2.12. The summed E-state index contributed by atoms with van der Waals surface area (Å²) in [7, 11) is 0. The van der Waals surface area contributed by atoms with Crippen molar-refractivity contribution < 1.29 is 9.59 Å². The predicted molar refractivity (Wildman–Crippen MR) is 96.9 cm³/mol. The first kappa shape index (κ1) is 18.5. The van der Waals surface area contributed by atoms with Gasteiger partial charge in [0.1, 0.15) is 0 Å². The molecule has 5 heteroatoms. The summed E-state index contributed by atoms with van der Waals surface area (Å²) < 4.78 is 0. The van der Waals surface area contributed by atoms with E-state index in [0.29, 0.717) is 19.4 Å². The average Bonchev–Trinajstić information content (AvgIpc) is 3.02. The molecule has 0 radical (unpaired) electrons. The molecule has 0 saturated carbocycles. The molecule has 0 unspecified atom stereocenters. The number of carbonyl (C=O) groups is 2. The fourth-order valence-corrected chi connectivity index (χ4v) is 2.99. The number of amides is 2. The minimum atomic E-state index is -0.0452. The smallest absolute Gasteiger partial charge is 0.224 e. The summed E-state index contributed by atoms with van der Waals surface area (Å²) in [5.74, 6) is 0.0169. The highest BCUT2D eigenvalue weighted by atomic mass is 16.2. The van der Waals surface area contributed by atoms with Gasteiger partial charge in [0.05, 0.1) is 0 Å². The number of hydrogen-bond acceptors (Lipinski definition) is 3. The summed E-state index contributed by atoms with van der Waals surface area (Å²) in [5, 5.41) is 5.83. The van der Waals surface area contributed by atoms with Crippen molar-refractivity contribution in [1.29, 1.82) is 0 Å². The summed E-state index contributed by atoms with van der Waals surface area (Å²) in [6.45, 7) is 7.86. The number of aryl methyl sites for hydroxylation is 1. The number of hydrogen-bond donors (Lipinski definition) is 2. The van der Waals surface area contributed by atoms with Gasteiger partial charge in [-0.1, -0.05) is 24.6 Å². The van der Waals surface area contributed by atoms with Crippen LogP contribution >= 0.6 is 0 Å². The Labute approximate surface area is 144 Å². The van der Waals surface area contributed by atoms with Gasteiger partial charge in [-0.3, -0.25) is 9.59 Å². The standard InChI is InChI=1S/C19H29N3O2/c1-15-5-7-17(8-6-15)21-19(24)14-16(2)13-18(23)20-9-12-22-10-3-4-11-22/h5-8,16H,3-4,9-14H2,1-2H3,(H,20,23)(H,21,24)/t16-/m0/s1. The normalized spacial score (nSPS) is 15.9. The predicted octanol–water partition coefficient (Wildman–Crippen LogP) is 2.56. The molecule has 1 aromatic carbocycles. The zero-order valence-electron chi connectivity index (χ0n) is 14.8. The number of carbonyl (C=O) groups excluding carboxylic acids is 2. The van der Waals surface area contributed by atoms with Gasteiger partial charge in [0.2, 0.25) is 11.8 Å². The second-order valence-electron chi connectivity index (χ2n) is 6.83. The molecule has 132 valence electrons. The van der Waals surface area contributed by atoms with Gasteiger partial charge in [-0.25, -0.2) is 0 Å². The van der Waals surface area contributed by atoms with Crippen molar-refractivity contribution in [3.63, 3.8) is 0 Å². The largest absolute Gasteiger partial charge is 0.355 e. The molecular formula is C19H29N3O2. The molecule has 1 heterocycles. The fraction of sp³-hybridized carbons (Fsp3) is 0.579. The van der Waals surface area contributed by atoms with Gasteiger partial charge in [0.15, 0.2) is 0 Å². The van der Waals surface area contributed by atoms with Crippen LogP contribution < -0.4 is 10.6 Å². The van der Waals surface area contributed by atoms with Gasteiger partial charge in [0, 0.05) is 31.6 Å². The Hall–Kier alpha value is -1.88. The lowest BCUT2D eigenvalue weighted by atomic mass is 10.0. The lowest BCUT2D eigenvalue weighted by molar-refractivity contribution is -0.122. The number of nitrogens with zero attached hydrogens (tertiary/aromatic N) is 1. The first-order chi connectivity index (χ1) is 11.5. The van der Waals surface area contributed by atoms with E-state index in [4.69, 9.17) is 0 Å². The summed E-state index contributed by atoms with van der Waals surface area (Å²) in [6.07, 6.45) is 3.27. The minimum absolute atomic E-state index is 0.0298. The SMILES string of the molecule is Cc1ccc(NC(=O)C[C@@H](C)CC(=O)NCCN2CCCC2)cc1. The molecule has 1 fully saturated rings. The number of likely N-dealkylation sites (tertiary alicyclic amines) is 1. The lowest BCUT2D eigenvalue weighted by Crippen LogP contribution is -2.34. The number of rotatable bonds is 8. The zero-order valence-corrected chi connectivity index (χ0v) is 14.8. The molecule has 1 saturated heterocycles. The van der Waals surface area contributed by atoms with Crippen LogP contribution in [0.2, 0.25) is 0 Å². The van der Waals surface area contributed by atoms with Crippen LogP contribution in [-0.4, -0.2) is 42.9 Å². The van der Waals surface area contributed by atoms with E-state index in [-0.39, 0.29) is 17.7 Å². The highest BCUT2D eigenvalue weighted by Gasteiger charge is 2.15. The van der Waals surface area contributed by atoms with Crippen molar-refractivity contribution in [2.24, 2.45) is 5.92 Å². The van der Waals surface area contributed by atoms with Gasteiger partial charge in [-0.15, -0.1) is 0 Å². The first-order valence-electron chi connectivity index (χ1n) is 8.88. The molecule has 0 aliphatic carbocycles. The molecule has 1 aliphatic heterocycles. The van der Waals surface area contributed by atoms with Crippen LogP contribution in [0.3, 0.4) is 0 Å². The fourth-order valence-electron chi connectivity index (χ4n) is 2.99. The van der Waals surface area contributed by atoms with Crippen LogP contribution in [-0.2, 0) is 9.59 Å². The molecule has 0 aromatic heterocycles. The number of anilines is 1. The van der Waals surface area contributed by atoms with E-state index in [2.05, 4.69) is 15.5 Å². The van der Waals surface area contributed by atoms with Crippen molar-refractivity contribution >= 4 is 17.5 Å². The Morgan fingerprint density at radius 1 is 1.08 bits per heavy atom. The second kappa shape index (κ2) is 9.42. The lowest BCUT2D eigenvalue weighted by Gasteiger charge is -2.16. The van der Waals surface area contributed by atoms with E-state index in [1.54, 1.807) is 0 Å².